The van der Waals surface area contributed by atoms with E-state index in [0.717, 1.165) is 45.9 Å². The van der Waals surface area contributed by atoms with Gasteiger partial charge >= 0.3 is 0 Å². The average Bonchev–Trinajstić information content (AvgIpc) is 4.06. The molecule has 0 saturated heterocycles. The van der Waals surface area contributed by atoms with Gasteiger partial charge in [-0.25, -0.2) is 0 Å². The Kier molecular flexibility index (Phi) is 9.25. The average molecular weight is 895 g/mol. The van der Waals surface area contributed by atoms with E-state index in [0.29, 0.717) is 0 Å². The number of benzene rings is 10. The molecule has 3 heteroatoms. The fourth-order valence-corrected chi connectivity index (χ4v) is 12.1. The molecule has 10 aromatic carbocycles. The highest BCUT2D eigenvalue weighted by atomic mass is 16.3. The van der Waals surface area contributed by atoms with Crippen LogP contribution < -0.4 is 9.80 Å². The summed E-state index contributed by atoms with van der Waals surface area (Å²) in [6, 6.07) is 90.6. The first kappa shape index (κ1) is 40.2. The predicted octanol–water partition coefficient (Wildman–Crippen LogP) is 17.8. The Morgan fingerprint density at radius 1 is 0.400 bits per heavy atom. The van der Waals surface area contributed by atoms with E-state index in [1.54, 1.807) is 0 Å². The van der Waals surface area contributed by atoms with E-state index in [-0.39, 0.29) is 5.92 Å². The van der Waals surface area contributed by atoms with Crippen molar-refractivity contribution in [1.29, 1.82) is 0 Å². The third-order valence-corrected chi connectivity index (χ3v) is 15.1. The van der Waals surface area contributed by atoms with Gasteiger partial charge in [0, 0.05) is 50.7 Å². The van der Waals surface area contributed by atoms with Crippen molar-refractivity contribution in [3.63, 3.8) is 0 Å². The molecule has 70 heavy (non-hydrogen) atoms. The maximum Gasteiger partial charge on any atom is 0.134 e. The Morgan fingerprint density at radius 2 is 0.943 bits per heavy atom. The summed E-state index contributed by atoms with van der Waals surface area (Å²) in [5.74, 6) is 1.05. The SMILES string of the molecule is C1=C2c3c(oc4ccccc34)C3(c4ccccc4-c4ccc(N(c5ccc(-c6ccccc6)cc5)c5ccc(-c6ccccc6)cc5)cc43)C2CC(N(c2ccccc2)c2cccc3ccccc23)=C1. The van der Waals surface area contributed by atoms with Crippen molar-refractivity contribution in [2.75, 3.05) is 9.80 Å². The van der Waals surface area contributed by atoms with Crippen LogP contribution in [0.3, 0.4) is 0 Å². The summed E-state index contributed by atoms with van der Waals surface area (Å²) >= 11 is 0. The van der Waals surface area contributed by atoms with E-state index in [4.69, 9.17) is 4.42 Å². The number of hydrogen-bond acceptors (Lipinski definition) is 3. The second kappa shape index (κ2) is 16.1. The van der Waals surface area contributed by atoms with Gasteiger partial charge in [-0.05, 0) is 129 Å². The molecule has 1 spiro atoms. The summed E-state index contributed by atoms with van der Waals surface area (Å²) in [5, 5.41) is 3.60. The molecule has 2 unspecified atom stereocenters. The van der Waals surface area contributed by atoms with Gasteiger partial charge in [0.1, 0.15) is 11.3 Å². The zero-order valence-electron chi connectivity index (χ0n) is 38.4. The summed E-state index contributed by atoms with van der Waals surface area (Å²) in [6.45, 7) is 0. The van der Waals surface area contributed by atoms with Crippen LogP contribution in [-0.4, -0.2) is 0 Å². The van der Waals surface area contributed by atoms with E-state index < -0.39 is 5.41 Å². The lowest BCUT2D eigenvalue weighted by atomic mass is 9.66. The molecule has 0 fully saturated rings. The molecule has 1 aromatic heterocycles. The smallest absolute Gasteiger partial charge is 0.134 e. The molecule has 11 aromatic rings. The molecule has 2 atom stereocenters. The van der Waals surface area contributed by atoms with Gasteiger partial charge in [-0.1, -0.05) is 194 Å². The van der Waals surface area contributed by atoms with E-state index >= 15 is 0 Å². The van der Waals surface area contributed by atoms with Gasteiger partial charge in [-0.2, -0.15) is 0 Å². The van der Waals surface area contributed by atoms with Gasteiger partial charge in [0.25, 0.3) is 0 Å². The summed E-state index contributed by atoms with van der Waals surface area (Å²) in [5.41, 5.74) is 19.5. The van der Waals surface area contributed by atoms with Crippen molar-refractivity contribution in [3.05, 3.63) is 289 Å². The van der Waals surface area contributed by atoms with E-state index in [1.807, 2.05) is 0 Å². The van der Waals surface area contributed by atoms with Crippen LogP contribution in [0, 0.1) is 5.92 Å². The molecule has 0 bridgehead atoms. The van der Waals surface area contributed by atoms with E-state index in [1.165, 1.54) is 77.8 Å². The van der Waals surface area contributed by atoms with Crippen molar-refractivity contribution in [2.45, 2.75) is 11.8 Å². The number of rotatable bonds is 8. The van der Waals surface area contributed by atoms with Gasteiger partial charge in [-0.3, -0.25) is 0 Å². The van der Waals surface area contributed by atoms with Gasteiger partial charge < -0.3 is 14.2 Å². The molecule has 3 aliphatic carbocycles. The van der Waals surface area contributed by atoms with Crippen molar-refractivity contribution in [1.82, 2.24) is 0 Å². The Labute approximate surface area is 408 Å². The molecule has 0 amide bonds. The molecular weight excluding hydrogens is 849 g/mol. The molecule has 3 aliphatic rings. The second-order valence-electron chi connectivity index (χ2n) is 18.8. The Hall–Kier alpha value is -8.92. The lowest BCUT2D eigenvalue weighted by Crippen LogP contribution is -2.35. The Morgan fingerprint density at radius 3 is 1.66 bits per heavy atom. The Balaban J connectivity index is 0.982. The van der Waals surface area contributed by atoms with E-state index in [9.17, 15) is 0 Å². The summed E-state index contributed by atoms with van der Waals surface area (Å²) in [4.78, 5) is 4.93. The van der Waals surface area contributed by atoms with Gasteiger partial charge in [0.2, 0.25) is 0 Å². The molecule has 0 saturated carbocycles. The van der Waals surface area contributed by atoms with Crippen LogP contribution in [0.25, 0.3) is 60.7 Å². The molecule has 0 radical (unpaired) electrons. The minimum absolute atomic E-state index is 0.0217. The van der Waals surface area contributed by atoms with Crippen LogP contribution in [0.2, 0.25) is 0 Å². The van der Waals surface area contributed by atoms with Crippen molar-refractivity contribution in [3.8, 4) is 33.4 Å². The van der Waals surface area contributed by atoms with Crippen molar-refractivity contribution >= 4 is 55.8 Å². The zero-order valence-corrected chi connectivity index (χ0v) is 38.4. The van der Waals surface area contributed by atoms with E-state index in [2.05, 4.69) is 271 Å². The quantitative estimate of drug-likeness (QED) is 0.152. The maximum absolute atomic E-state index is 7.37. The normalized spacial score (nSPS) is 16.3. The van der Waals surface area contributed by atoms with Crippen molar-refractivity contribution < 1.29 is 4.42 Å². The molecule has 1 heterocycles. The monoisotopic (exact) mass is 894 g/mol. The largest absolute Gasteiger partial charge is 0.459 e. The number of hydrogen-bond donors (Lipinski definition) is 0. The first-order chi connectivity index (χ1) is 34.7. The molecule has 3 nitrogen and oxygen atoms in total. The van der Waals surface area contributed by atoms with Crippen LogP contribution in [0.15, 0.2) is 271 Å². The number of anilines is 5. The van der Waals surface area contributed by atoms with Gasteiger partial charge in [-0.15, -0.1) is 0 Å². The highest BCUT2D eigenvalue weighted by Crippen LogP contribution is 2.68. The number of para-hydroxylation sites is 2. The number of furan rings is 1. The number of allylic oxidation sites excluding steroid dienone is 4. The fraction of sp³-hybridized carbons (Fsp3) is 0.0448. The first-order valence-electron chi connectivity index (χ1n) is 24.3. The maximum atomic E-state index is 7.37. The lowest BCUT2D eigenvalue weighted by molar-refractivity contribution is 0.398. The second-order valence-corrected chi connectivity index (χ2v) is 18.8. The standard InChI is InChI=1S/C67H46N2O/c1-4-17-45(18-5-1)47-31-35-51(36-32-47)68(52-37-33-48(34-38-52)46-19-6-2-7-20-46)53-39-41-57-56-26-12-14-28-60(56)67(61(57)43-53)62-44-54(40-42-58(62)65-59-27-13-15-30-64(59)70-66(65)67)69(50-23-8-3-9-24-50)63-29-16-22-49-21-10-11-25-55(49)63/h1-43,62H,44H2. The third-order valence-electron chi connectivity index (χ3n) is 15.1. The molecule has 0 aliphatic heterocycles. The van der Waals surface area contributed by atoms with Crippen LogP contribution in [0.1, 0.15) is 28.9 Å². The molecule has 330 valence electrons. The number of fused-ring (bicyclic) bond motifs is 13. The molecular formula is C67H46N2O. The zero-order chi connectivity index (χ0) is 46.2. The predicted molar refractivity (Wildman–Crippen MR) is 290 cm³/mol. The summed E-state index contributed by atoms with van der Waals surface area (Å²) in [6.07, 6.45) is 5.58. The molecule has 14 rings (SSSR count). The van der Waals surface area contributed by atoms with Gasteiger partial charge in [0.15, 0.2) is 0 Å². The first-order valence-corrected chi connectivity index (χ1v) is 24.3. The highest BCUT2D eigenvalue weighted by molar-refractivity contribution is 6.03. The third kappa shape index (κ3) is 6.15. The topological polar surface area (TPSA) is 19.6 Å². The Bertz CT molecular complexity index is 3760. The highest BCUT2D eigenvalue weighted by Gasteiger charge is 2.60. The minimum atomic E-state index is -0.636. The number of nitrogens with zero attached hydrogens (tertiary/aromatic N) is 2. The van der Waals surface area contributed by atoms with Crippen LogP contribution in [0.4, 0.5) is 28.4 Å². The van der Waals surface area contributed by atoms with Crippen molar-refractivity contribution in [2.24, 2.45) is 5.92 Å². The summed E-state index contributed by atoms with van der Waals surface area (Å²) in [7, 11) is 0. The minimum Gasteiger partial charge on any atom is -0.459 e. The van der Waals surface area contributed by atoms with Crippen LogP contribution in [-0.2, 0) is 5.41 Å². The summed E-state index contributed by atoms with van der Waals surface area (Å²) < 4.78 is 7.37. The van der Waals surface area contributed by atoms with Gasteiger partial charge in [0.05, 0.1) is 11.1 Å². The van der Waals surface area contributed by atoms with Crippen LogP contribution >= 0.6 is 0 Å². The fourth-order valence-electron chi connectivity index (χ4n) is 12.1. The van der Waals surface area contributed by atoms with Crippen LogP contribution in [0.5, 0.6) is 0 Å². The lowest BCUT2D eigenvalue weighted by Gasteiger charge is -2.39. The molecule has 0 N–H and O–H groups in total.